The Morgan fingerprint density at radius 3 is 2.57 bits per heavy atom. The van der Waals surface area contributed by atoms with Gasteiger partial charge in [0.25, 0.3) is 0 Å². The first-order chi connectivity index (χ1) is 17.1. The Labute approximate surface area is 207 Å². The molecular weight excluding hydrogens is 442 g/mol. The van der Waals surface area contributed by atoms with E-state index in [1.54, 1.807) is 7.11 Å². The fourth-order valence-corrected chi connectivity index (χ4v) is 7.60. The number of ether oxygens (including phenoxy) is 4. The van der Waals surface area contributed by atoms with E-state index in [0.29, 0.717) is 31.8 Å². The lowest BCUT2D eigenvalue weighted by molar-refractivity contribution is -0.259. The third-order valence-electron chi connectivity index (χ3n) is 9.39. The molecule has 35 heavy (non-hydrogen) atoms. The summed E-state index contributed by atoms with van der Waals surface area (Å²) >= 11 is 0. The van der Waals surface area contributed by atoms with Crippen LogP contribution in [-0.4, -0.2) is 60.8 Å². The van der Waals surface area contributed by atoms with Crippen LogP contribution >= 0.6 is 0 Å². The van der Waals surface area contributed by atoms with E-state index in [2.05, 4.69) is 11.0 Å². The summed E-state index contributed by atoms with van der Waals surface area (Å²) in [5.41, 5.74) is 0.965. The van der Waals surface area contributed by atoms with Gasteiger partial charge in [-0.3, -0.25) is 4.90 Å². The standard InChI is InChI=1S/C29H35NO5/c1-32-23-10-9-21-17-24-29(31)12-11-28(33-15-16-34-28)19-27(29,13-14-30(24)18-20-7-8-20)25(21)26(23)35-22-5-3-2-4-6-22/h2-6,9-10,20,24,31H,7-8,11-19H2,1H3/t24?,27-,29-/m1/s1. The Morgan fingerprint density at radius 1 is 1.03 bits per heavy atom. The van der Waals surface area contributed by atoms with Crippen LogP contribution < -0.4 is 9.47 Å². The molecule has 2 aliphatic heterocycles. The smallest absolute Gasteiger partial charge is 0.173 e. The Kier molecular flexibility index (Phi) is 5.01. The van der Waals surface area contributed by atoms with Gasteiger partial charge in [0.1, 0.15) is 5.75 Å². The van der Waals surface area contributed by atoms with Crippen LogP contribution in [0.15, 0.2) is 42.5 Å². The number of benzene rings is 2. The van der Waals surface area contributed by atoms with Crippen LogP contribution in [0.3, 0.4) is 0 Å². The van der Waals surface area contributed by atoms with E-state index in [1.165, 1.54) is 18.4 Å². The third-order valence-corrected chi connectivity index (χ3v) is 9.39. The fraction of sp³-hybridized carbons (Fsp3) is 0.586. The van der Waals surface area contributed by atoms with E-state index in [-0.39, 0.29) is 6.04 Å². The van der Waals surface area contributed by atoms with E-state index in [0.717, 1.165) is 55.3 Å². The number of fused-ring (bicyclic) bond motifs is 1. The highest BCUT2D eigenvalue weighted by molar-refractivity contribution is 5.60. The summed E-state index contributed by atoms with van der Waals surface area (Å²) in [6.07, 6.45) is 6.36. The Hall–Kier alpha value is -2.12. The van der Waals surface area contributed by atoms with Crippen LogP contribution in [0, 0.1) is 5.92 Å². The lowest BCUT2D eigenvalue weighted by atomic mass is 9.48. The van der Waals surface area contributed by atoms with Gasteiger partial charge in [-0.15, -0.1) is 0 Å². The van der Waals surface area contributed by atoms with Gasteiger partial charge >= 0.3 is 0 Å². The normalized spacial score (nSPS) is 33.3. The molecule has 186 valence electrons. The molecule has 1 spiro atoms. The summed E-state index contributed by atoms with van der Waals surface area (Å²) < 4.78 is 25.0. The molecular formula is C29H35NO5. The van der Waals surface area contributed by atoms with Crippen molar-refractivity contribution >= 4 is 0 Å². The molecule has 2 bridgehead atoms. The zero-order valence-corrected chi connectivity index (χ0v) is 20.5. The van der Waals surface area contributed by atoms with E-state index in [1.807, 2.05) is 36.4 Å². The largest absolute Gasteiger partial charge is 0.493 e. The summed E-state index contributed by atoms with van der Waals surface area (Å²) in [6.45, 7) is 3.30. The zero-order valence-electron chi connectivity index (χ0n) is 20.5. The molecule has 2 saturated carbocycles. The van der Waals surface area contributed by atoms with Crippen molar-refractivity contribution in [3.05, 3.63) is 53.6 Å². The lowest BCUT2D eigenvalue weighted by Gasteiger charge is -2.65. The molecule has 0 amide bonds. The second kappa shape index (κ2) is 7.94. The molecule has 5 aliphatic rings. The van der Waals surface area contributed by atoms with Gasteiger partial charge in [-0.05, 0) is 68.3 Å². The number of methoxy groups -OCH3 is 1. The van der Waals surface area contributed by atoms with Crippen molar-refractivity contribution in [3.8, 4) is 17.2 Å². The molecule has 7 rings (SSSR count). The molecule has 2 aromatic rings. The minimum atomic E-state index is -0.866. The molecule has 6 nitrogen and oxygen atoms in total. The number of piperidine rings is 1. The Balaban J connectivity index is 1.41. The topological polar surface area (TPSA) is 60.4 Å². The average Bonchev–Trinajstić information content (AvgIpc) is 3.58. The van der Waals surface area contributed by atoms with Gasteiger partial charge in [-0.25, -0.2) is 0 Å². The molecule has 3 aliphatic carbocycles. The first-order valence-corrected chi connectivity index (χ1v) is 13.2. The van der Waals surface area contributed by atoms with Crippen molar-refractivity contribution in [2.75, 3.05) is 33.4 Å². The van der Waals surface area contributed by atoms with E-state index in [9.17, 15) is 5.11 Å². The molecule has 1 unspecified atom stereocenters. The van der Waals surface area contributed by atoms with Crippen molar-refractivity contribution in [2.45, 2.75) is 67.8 Å². The van der Waals surface area contributed by atoms with E-state index in [4.69, 9.17) is 18.9 Å². The van der Waals surface area contributed by atoms with E-state index < -0.39 is 16.8 Å². The van der Waals surface area contributed by atoms with Crippen molar-refractivity contribution in [2.24, 2.45) is 5.92 Å². The minimum absolute atomic E-state index is 0.0982. The van der Waals surface area contributed by atoms with Crippen molar-refractivity contribution in [1.29, 1.82) is 0 Å². The molecule has 0 radical (unpaired) electrons. The number of para-hydroxylation sites is 1. The van der Waals surface area contributed by atoms with Crippen LogP contribution in [0.4, 0.5) is 0 Å². The highest BCUT2D eigenvalue weighted by atomic mass is 16.7. The molecule has 6 heteroatoms. The Bertz CT molecular complexity index is 1110. The van der Waals surface area contributed by atoms with Gasteiger partial charge in [0.15, 0.2) is 17.3 Å². The van der Waals surface area contributed by atoms with Crippen molar-refractivity contribution in [1.82, 2.24) is 4.90 Å². The van der Waals surface area contributed by atoms with Gasteiger partial charge in [-0.1, -0.05) is 24.3 Å². The number of nitrogens with zero attached hydrogens (tertiary/aromatic N) is 1. The molecule has 0 aromatic heterocycles. The fourth-order valence-electron chi connectivity index (χ4n) is 7.60. The van der Waals surface area contributed by atoms with Gasteiger partial charge in [0.05, 0.1) is 25.9 Å². The molecule has 1 N–H and O–H groups in total. The summed E-state index contributed by atoms with van der Waals surface area (Å²) in [6, 6.07) is 14.2. The van der Waals surface area contributed by atoms with Crippen LogP contribution in [0.1, 0.15) is 49.7 Å². The molecule has 2 heterocycles. The quantitative estimate of drug-likeness (QED) is 0.688. The monoisotopic (exact) mass is 477 g/mol. The van der Waals surface area contributed by atoms with Gasteiger partial charge in [0.2, 0.25) is 0 Å². The van der Waals surface area contributed by atoms with Crippen LogP contribution in [0.25, 0.3) is 0 Å². The minimum Gasteiger partial charge on any atom is -0.493 e. The average molecular weight is 478 g/mol. The predicted octanol–water partition coefficient (Wildman–Crippen LogP) is 4.42. The zero-order chi connectivity index (χ0) is 23.7. The second-order valence-corrected chi connectivity index (χ2v) is 11.2. The molecule has 3 atom stereocenters. The lowest BCUT2D eigenvalue weighted by Crippen LogP contribution is -2.75. The molecule has 4 fully saturated rings. The van der Waals surface area contributed by atoms with Gasteiger partial charge in [0, 0.05) is 36.4 Å². The number of rotatable bonds is 5. The maximum atomic E-state index is 12.8. The number of likely N-dealkylation sites (tertiary alicyclic amines) is 1. The highest BCUT2D eigenvalue weighted by Crippen LogP contribution is 2.64. The first kappa shape index (κ1) is 22.1. The number of aliphatic hydroxyl groups is 1. The maximum absolute atomic E-state index is 12.8. The summed E-state index contributed by atoms with van der Waals surface area (Å²) in [5, 5.41) is 12.8. The summed E-state index contributed by atoms with van der Waals surface area (Å²) in [5.74, 6) is 2.37. The van der Waals surface area contributed by atoms with Crippen molar-refractivity contribution < 1.29 is 24.1 Å². The van der Waals surface area contributed by atoms with Crippen molar-refractivity contribution in [3.63, 3.8) is 0 Å². The third kappa shape index (κ3) is 3.30. The second-order valence-electron chi connectivity index (χ2n) is 11.2. The molecule has 2 saturated heterocycles. The molecule has 2 aromatic carbocycles. The number of hydrogen-bond donors (Lipinski definition) is 1. The van der Waals surface area contributed by atoms with Gasteiger partial charge in [-0.2, -0.15) is 0 Å². The van der Waals surface area contributed by atoms with E-state index >= 15 is 0 Å². The Morgan fingerprint density at radius 2 is 1.83 bits per heavy atom. The summed E-state index contributed by atoms with van der Waals surface area (Å²) in [7, 11) is 1.69. The van der Waals surface area contributed by atoms with Crippen LogP contribution in [-0.2, 0) is 21.3 Å². The van der Waals surface area contributed by atoms with Gasteiger partial charge < -0.3 is 24.1 Å². The maximum Gasteiger partial charge on any atom is 0.173 e. The highest BCUT2D eigenvalue weighted by Gasteiger charge is 2.69. The first-order valence-electron chi connectivity index (χ1n) is 13.2. The SMILES string of the molecule is COc1ccc2c(c1Oc1ccccc1)[C@]13CCN(CC4CC4)C(C2)[C@]1(O)CCC1(C3)OCCO1. The van der Waals surface area contributed by atoms with Crippen LogP contribution in [0.5, 0.6) is 17.2 Å². The van der Waals surface area contributed by atoms with Crippen LogP contribution in [0.2, 0.25) is 0 Å². The summed E-state index contributed by atoms with van der Waals surface area (Å²) in [4.78, 5) is 2.59. The predicted molar refractivity (Wildman–Crippen MR) is 131 cm³/mol. The number of hydrogen-bond acceptors (Lipinski definition) is 6.